The number of carbonyl (C=O) groups is 2. The van der Waals surface area contributed by atoms with Crippen molar-refractivity contribution in [3.63, 3.8) is 0 Å². The van der Waals surface area contributed by atoms with Gasteiger partial charge in [0.25, 0.3) is 0 Å². The third-order valence-electron chi connectivity index (χ3n) is 12.1. The van der Waals surface area contributed by atoms with E-state index in [-0.39, 0.29) is 43.5 Å². The fourth-order valence-electron chi connectivity index (χ4n) is 8.55. The van der Waals surface area contributed by atoms with Gasteiger partial charge in [0, 0.05) is 0 Å². The van der Waals surface area contributed by atoms with Crippen LogP contribution < -0.4 is 10.6 Å². The van der Waals surface area contributed by atoms with Crippen LogP contribution >= 0.6 is 0 Å². The molecule has 344 valence electrons. The summed E-state index contributed by atoms with van der Waals surface area (Å²) in [7, 11) is 0. The second-order valence-corrected chi connectivity index (χ2v) is 18.0. The van der Waals surface area contributed by atoms with Crippen LogP contribution in [0.3, 0.4) is 0 Å². The Balaban J connectivity index is 1.40. The van der Waals surface area contributed by atoms with Gasteiger partial charge in [-0.1, -0.05) is 190 Å². The van der Waals surface area contributed by atoms with Crippen molar-refractivity contribution in [2.75, 3.05) is 6.61 Å². The van der Waals surface area contributed by atoms with E-state index in [4.69, 9.17) is 23.7 Å². The molecule has 2 aromatic carbocycles. The summed E-state index contributed by atoms with van der Waals surface area (Å²) in [5.41, 5.74) is 2.10. The van der Waals surface area contributed by atoms with Crippen LogP contribution in [0.5, 0.6) is 0 Å². The highest BCUT2D eigenvalue weighted by atomic mass is 16.7. The fraction of sp³-hybridized carbons (Fsp3) is 0.725. The average molecular weight is 851 g/mol. The first-order valence-corrected chi connectivity index (χ1v) is 24.2. The van der Waals surface area contributed by atoms with Crippen LogP contribution in [0, 0.1) is 0 Å². The number of unbranched alkanes of at least 4 members (excludes halogenated alkanes) is 16. The van der Waals surface area contributed by atoms with Crippen molar-refractivity contribution in [1.82, 2.24) is 10.6 Å². The summed E-state index contributed by atoms with van der Waals surface area (Å²) in [5, 5.41) is 17.7. The molecule has 0 radical (unpaired) electrons. The van der Waals surface area contributed by atoms with E-state index in [0.717, 1.165) is 49.7 Å². The summed E-state index contributed by atoms with van der Waals surface area (Å²) >= 11 is 0. The number of carbonyl (C=O) groups excluding carboxylic acids is 2. The maximum absolute atomic E-state index is 14.1. The first-order chi connectivity index (χ1) is 29.7. The van der Waals surface area contributed by atoms with Gasteiger partial charge in [0.15, 0.2) is 12.1 Å². The lowest BCUT2D eigenvalue weighted by Crippen LogP contribution is -2.72. The van der Waals surface area contributed by atoms with Crippen molar-refractivity contribution >= 4 is 11.8 Å². The molecule has 10 heteroatoms. The summed E-state index contributed by atoms with van der Waals surface area (Å²) in [4.78, 5) is 28.0. The molecule has 0 bridgehead atoms. The van der Waals surface area contributed by atoms with E-state index in [2.05, 4.69) is 24.5 Å². The van der Waals surface area contributed by atoms with Gasteiger partial charge in [-0.2, -0.15) is 0 Å². The highest BCUT2D eigenvalue weighted by molar-refractivity contribution is 5.78. The summed E-state index contributed by atoms with van der Waals surface area (Å²) in [6.45, 7) is 9.13. The standard InChI is InChI=1S/C51H82N2O8/c1-5-7-9-11-13-15-17-19-27-33-42(57-37-40-29-23-21-24-30-40)35-45(54)52-47-48(50(56)60-44-39-59-51(3,4)61-49(44)47)53-46(55)36-43(58-38-41-31-25-22-26-32-41)34-28-20-18-16-14-12-10-8-6-2/h21-26,29-32,42-44,47-50,56H,5-20,27-28,33-39H2,1-4H3,(H,52,54)(H,53,55)/t42-,43-,44-,47-,48-,49-,50?/m1/s1. The third-order valence-corrected chi connectivity index (χ3v) is 12.1. The van der Waals surface area contributed by atoms with E-state index in [9.17, 15) is 14.7 Å². The quantitative estimate of drug-likeness (QED) is 0.0622. The number of aliphatic hydroxyl groups excluding tert-OH is 1. The Bertz CT molecular complexity index is 1440. The maximum Gasteiger partial charge on any atom is 0.223 e. The lowest BCUT2D eigenvalue weighted by molar-refractivity contribution is -0.351. The normalized spacial score (nSPS) is 22.0. The molecule has 10 nitrogen and oxygen atoms in total. The number of rotatable bonds is 32. The molecule has 4 rings (SSSR count). The molecule has 0 aromatic heterocycles. The highest BCUT2D eigenvalue weighted by Crippen LogP contribution is 2.32. The summed E-state index contributed by atoms with van der Waals surface area (Å²) < 4.78 is 31.1. The zero-order valence-electron chi connectivity index (χ0n) is 38.3. The van der Waals surface area contributed by atoms with E-state index in [1.54, 1.807) is 0 Å². The average Bonchev–Trinajstić information content (AvgIpc) is 3.25. The van der Waals surface area contributed by atoms with Crippen molar-refractivity contribution in [3.8, 4) is 0 Å². The second-order valence-electron chi connectivity index (χ2n) is 18.0. The van der Waals surface area contributed by atoms with Crippen LogP contribution in [0.2, 0.25) is 0 Å². The molecule has 0 aliphatic carbocycles. The summed E-state index contributed by atoms with van der Waals surface area (Å²) in [6, 6.07) is 18.3. The Morgan fingerprint density at radius 3 is 1.49 bits per heavy atom. The third kappa shape index (κ3) is 20.5. The van der Waals surface area contributed by atoms with Crippen LogP contribution in [0.4, 0.5) is 0 Å². The summed E-state index contributed by atoms with van der Waals surface area (Å²) in [5.74, 6) is -1.46. The zero-order valence-corrected chi connectivity index (χ0v) is 38.3. The molecule has 0 saturated carbocycles. The number of hydrogen-bond acceptors (Lipinski definition) is 8. The van der Waals surface area contributed by atoms with E-state index < -0.39 is 36.4 Å². The number of nitrogens with one attached hydrogen (secondary N) is 2. The molecule has 2 fully saturated rings. The predicted molar refractivity (Wildman–Crippen MR) is 243 cm³/mol. The van der Waals surface area contributed by atoms with Crippen molar-refractivity contribution in [2.24, 2.45) is 0 Å². The SMILES string of the molecule is CCCCCCCCCCC[C@H](CC(=O)N[C@H]1[C@@H]2OC(C)(C)OC[C@H]2OC(O)[C@@H]1NC(=O)C[C@@H](CCCCCCCCCCC)OCc1ccccc1)OCc1ccccc1. The molecule has 2 aliphatic heterocycles. The number of hydrogen-bond donors (Lipinski definition) is 3. The van der Waals surface area contributed by atoms with Gasteiger partial charge < -0.3 is 39.4 Å². The molecule has 0 spiro atoms. The predicted octanol–water partition coefficient (Wildman–Crippen LogP) is 10.6. The van der Waals surface area contributed by atoms with Crippen molar-refractivity contribution in [3.05, 3.63) is 71.8 Å². The largest absolute Gasteiger partial charge is 0.373 e. The molecule has 3 N–H and O–H groups in total. The number of aliphatic hydroxyl groups is 1. The number of fused-ring (bicyclic) bond motifs is 1. The number of amides is 2. The Kier molecular flexibility index (Phi) is 24.6. The van der Waals surface area contributed by atoms with Crippen LogP contribution in [0.15, 0.2) is 60.7 Å². The first kappa shape index (κ1) is 50.8. The Morgan fingerprint density at radius 1 is 0.639 bits per heavy atom. The van der Waals surface area contributed by atoms with Gasteiger partial charge in [-0.3, -0.25) is 9.59 Å². The topological polar surface area (TPSA) is 125 Å². The molecule has 2 amide bonds. The zero-order chi connectivity index (χ0) is 43.5. The fourth-order valence-corrected chi connectivity index (χ4v) is 8.55. The van der Waals surface area contributed by atoms with Crippen molar-refractivity contribution in [1.29, 1.82) is 0 Å². The highest BCUT2D eigenvalue weighted by Gasteiger charge is 2.52. The molecule has 7 atom stereocenters. The van der Waals surface area contributed by atoms with Crippen molar-refractivity contribution < 1.29 is 38.4 Å². The van der Waals surface area contributed by atoms with E-state index in [1.165, 1.54) is 89.9 Å². The molecule has 2 heterocycles. The monoisotopic (exact) mass is 851 g/mol. The molecule has 2 aliphatic rings. The van der Waals surface area contributed by atoms with Crippen LogP contribution in [-0.4, -0.2) is 72.1 Å². The lowest BCUT2D eigenvalue weighted by atomic mass is 9.92. The van der Waals surface area contributed by atoms with Crippen LogP contribution in [0.25, 0.3) is 0 Å². The van der Waals surface area contributed by atoms with Gasteiger partial charge in [-0.15, -0.1) is 0 Å². The van der Waals surface area contributed by atoms with Crippen LogP contribution in [-0.2, 0) is 46.5 Å². The smallest absolute Gasteiger partial charge is 0.223 e. The van der Waals surface area contributed by atoms with Gasteiger partial charge in [0.05, 0.1) is 50.9 Å². The molecule has 1 unspecified atom stereocenters. The van der Waals surface area contributed by atoms with Gasteiger partial charge >= 0.3 is 0 Å². The molecule has 2 saturated heterocycles. The number of benzene rings is 2. The van der Waals surface area contributed by atoms with Gasteiger partial charge in [-0.05, 0) is 37.8 Å². The van der Waals surface area contributed by atoms with E-state index in [0.29, 0.717) is 13.2 Å². The van der Waals surface area contributed by atoms with Crippen LogP contribution in [0.1, 0.15) is 180 Å². The number of ether oxygens (including phenoxy) is 5. The molecular formula is C51H82N2O8. The van der Waals surface area contributed by atoms with Gasteiger partial charge in [-0.25, -0.2) is 0 Å². The minimum Gasteiger partial charge on any atom is -0.373 e. The molecular weight excluding hydrogens is 769 g/mol. The molecule has 2 aromatic rings. The lowest BCUT2D eigenvalue weighted by Gasteiger charge is -2.50. The Labute approximate surface area is 368 Å². The Hall–Kier alpha value is -2.86. The maximum atomic E-state index is 14.1. The van der Waals surface area contributed by atoms with E-state index in [1.807, 2.05) is 74.5 Å². The minimum atomic E-state index is -1.39. The summed E-state index contributed by atoms with van der Waals surface area (Å²) in [6.07, 6.45) is 20.3. The minimum absolute atomic E-state index is 0.117. The second kappa shape index (κ2) is 29.5. The Morgan fingerprint density at radius 2 is 1.05 bits per heavy atom. The van der Waals surface area contributed by atoms with E-state index >= 15 is 0 Å². The molecule has 61 heavy (non-hydrogen) atoms. The van der Waals surface area contributed by atoms with Gasteiger partial charge in [0.1, 0.15) is 18.2 Å². The first-order valence-electron chi connectivity index (χ1n) is 24.2. The van der Waals surface area contributed by atoms with Gasteiger partial charge in [0.2, 0.25) is 11.8 Å². The van der Waals surface area contributed by atoms with Crippen molar-refractivity contribution in [2.45, 2.75) is 231 Å².